The van der Waals surface area contributed by atoms with Gasteiger partial charge in [-0.2, -0.15) is 0 Å². The lowest BCUT2D eigenvalue weighted by Crippen LogP contribution is -2.23. The fourth-order valence-electron chi connectivity index (χ4n) is 1.83. The third kappa shape index (κ3) is 3.40. The number of hydrogen-bond donors (Lipinski definition) is 1. The predicted octanol–water partition coefficient (Wildman–Crippen LogP) is 3.21. The third-order valence-electron chi connectivity index (χ3n) is 2.85. The molecule has 0 aliphatic carbocycles. The molecule has 0 aliphatic rings. The second-order valence-electron chi connectivity index (χ2n) is 4.33. The van der Waals surface area contributed by atoms with Crippen LogP contribution in [0.3, 0.4) is 0 Å². The number of halogens is 2. The van der Waals surface area contributed by atoms with Crippen LogP contribution in [0.1, 0.15) is 5.56 Å². The van der Waals surface area contributed by atoms with E-state index < -0.39 is 11.9 Å². The first kappa shape index (κ1) is 13.7. The van der Waals surface area contributed by atoms with Crippen LogP contribution in [0.4, 0.5) is 4.39 Å². The zero-order valence-corrected chi connectivity index (χ0v) is 10.9. The molecule has 2 N–H and O–H groups in total. The quantitative estimate of drug-likeness (QED) is 0.872. The summed E-state index contributed by atoms with van der Waals surface area (Å²) < 4.78 is 13.1. The molecule has 0 amide bonds. The van der Waals surface area contributed by atoms with Gasteiger partial charge < -0.3 is 10.5 Å². The van der Waals surface area contributed by atoms with Crippen molar-refractivity contribution in [3.63, 3.8) is 0 Å². The van der Waals surface area contributed by atoms with E-state index in [0.717, 1.165) is 23.0 Å². The zero-order chi connectivity index (χ0) is 13.8. The van der Waals surface area contributed by atoms with Crippen molar-refractivity contribution in [2.45, 2.75) is 12.5 Å². The zero-order valence-electron chi connectivity index (χ0n) is 10.1. The van der Waals surface area contributed by atoms with E-state index in [1.54, 1.807) is 12.1 Å². The van der Waals surface area contributed by atoms with E-state index in [4.69, 9.17) is 17.3 Å². The van der Waals surface area contributed by atoms with Gasteiger partial charge >= 0.3 is 0 Å². The van der Waals surface area contributed by atoms with Gasteiger partial charge in [0, 0.05) is 0 Å². The molecule has 98 valence electrons. The van der Waals surface area contributed by atoms with Crippen molar-refractivity contribution in [2.24, 2.45) is 5.73 Å². The van der Waals surface area contributed by atoms with Crippen LogP contribution >= 0.6 is 11.6 Å². The highest BCUT2D eigenvalue weighted by atomic mass is 35.5. The van der Waals surface area contributed by atoms with Gasteiger partial charge in [0.05, 0.1) is 11.1 Å². The first-order valence-electron chi connectivity index (χ1n) is 5.85. The Morgan fingerprint density at radius 3 is 2.37 bits per heavy atom. The second-order valence-corrected chi connectivity index (χ2v) is 4.74. The summed E-state index contributed by atoms with van der Waals surface area (Å²) in [5.74, 6) is -0.431. The molecule has 0 aliphatic heterocycles. The van der Waals surface area contributed by atoms with Crippen LogP contribution in [0.5, 0.6) is 0 Å². The van der Waals surface area contributed by atoms with E-state index in [2.05, 4.69) is 0 Å². The highest BCUT2D eigenvalue weighted by Crippen LogP contribution is 2.25. The van der Waals surface area contributed by atoms with Crippen LogP contribution in [-0.2, 0) is 11.2 Å². The monoisotopic (exact) mass is 277 g/mol. The second kappa shape index (κ2) is 5.95. The van der Waals surface area contributed by atoms with Gasteiger partial charge in [0.25, 0.3) is 0 Å². The van der Waals surface area contributed by atoms with Crippen LogP contribution in [0.25, 0.3) is 11.1 Å². The summed E-state index contributed by atoms with van der Waals surface area (Å²) in [7, 11) is 0. The normalized spacial score (nSPS) is 12.2. The minimum atomic E-state index is -0.480. The number of carbonyl (C=O) groups is 1. The van der Waals surface area contributed by atoms with E-state index in [0.29, 0.717) is 6.42 Å². The van der Waals surface area contributed by atoms with Crippen LogP contribution in [-0.4, -0.2) is 12.3 Å². The fraction of sp³-hybridized carbons (Fsp3) is 0.133. The average Bonchev–Trinajstić information content (AvgIpc) is 2.42. The minimum Gasteiger partial charge on any atom is -0.321 e. The topological polar surface area (TPSA) is 43.1 Å². The van der Waals surface area contributed by atoms with Gasteiger partial charge in [0.2, 0.25) is 0 Å². The standard InChI is InChI=1S/C15H13ClFNO/c16-14-8-12(5-6-15(14)17)11-3-1-10(2-4-11)7-13(18)9-19/h1-6,8-9,13H,7,18H2/t13-/m1/s1. The van der Waals surface area contributed by atoms with E-state index in [1.165, 1.54) is 6.07 Å². The molecule has 0 spiro atoms. The number of nitrogens with two attached hydrogens (primary N) is 1. The van der Waals surface area contributed by atoms with E-state index in [9.17, 15) is 9.18 Å². The number of carbonyl (C=O) groups excluding carboxylic acids is 1. The third-order valence-corrected chi connectivity index (χ3v) is 3.14. The Hall–Kier alpha value is -1.71. The lowest BCUT2D eigenvalue weighted by atomic mass is 10.0. The maximum absolute atomic E-state index is 13.1. The molecule has 0 unspecified atom stereocenters. The molecular weight excluding hydrogens is 265 g/mol. The first-order chi connectivity index (χ1) is 9.10. The summed E-state index contributed by atoms with van der Waals surface area (Å²) in [4.78, 5) is 10.5. The number of benzene rings is 2. The SMILES string of the molecule is N[C@@H](C=O)Cc1ccc(-c2ccc(F)c(Cl)c2)cc1. The Bertz CT molecular complexity index is 583. The van der Waals surface area contributed by atoms with Crippen LogP contribution in [0.2, 0.25) is 5.02 Å². The Morgan fingerprint density at radius 1 is 1.16 bits per heavy atom. The predicted molar refractivity (Wildman–Crippen MR) is 74.6 cm³/mol. The largest absolute Gasteiger partial charge is 0.321 e. The molecule has 2 rings (SSSR count). The van der Waals surface area contributed by atoms with E-state index in [-0.39, 0.29) is 5.02 Å². The van der Waals surface area contributed by atoms with Gasteiger partial charge in [-0.15, -0.1) is 0 Å². The van der Waals surface area contributed by atoms with Crippen LogP contribution < -0.4 is 5.73 Å². The fourth-order valence-corrected chi connectivity index (χ4v) is 2.01. The van der Waals surface area contributed by atoms with Crippen LogP contribution in [0, 0.1) is 5.82 Å². The van der Waals surface area contributed by atoms with Crippen molar-refractivity contribution in [3.8, 4) is 11.1 Å². The summed E-state index contributed by atoms with van der Waals surface area (Å²) in [5, 5.41) is 0.101. The highest BCUT2D eigenvalue weighted by Gasteiger charge is 2.05. The Morgan fingerprint density at radius 2 is 1.79 bits per heavy atom. The van der Waals surface area contributed by atoms with Gasteiger partial charge in [-0.25, -0.2) is 4.39 Å². The van der Waals surface area contributed by atoms with Gasteiger partial charge in [0.15, 0.2) is 0 Å². The van der Waals surface area contributed by atoms with Crippen molar-refractivity contribution in [1.29, 1.82) is 0 Å². The summed E-state index contributed by atoms with van der Waals surface area (Å²) in [6.45, 7) is 0. The molecule has 0 bridgehead atoms. The van der Waals surface area contributed by atoms with Gasteiger partial charge in [-0.3, -0.25) is 0 Å². The average molecular weight is 278 g/mol. The molecule has 2 aromatic rings. The summed E-state index contributed by atoms with van der Waals surface area (Å²) in [6, 6.07) is 11.7. The van der Waals surface area contributed by atoms with Gasteiger partial charge in [0.1, 0.15) is 12.1 Å². The summed E-state index contributed by atoms with van der Waals surface area (Å²) in [6.07, 6.45) is 1.24. The van der Waals surface area contributed by atoms with Gasteiger partial charge in [-0.05, 0) is 35.2 Å². The molecule has 2 nitrogen and oxygen atoms in total. The minimum absolute atomic E-state index is 0.101. The lowest BCUT2D eigenvalue weighted by molar-refractivity contribution is -0.108. The van der Waals surface area contributed by atoms with Crippen molar-refractivity contribution < 1.29 is 9.18 Å². The Labute approximate surface area is 116 Å². The summed E-state index contributed by atoms with van der Waals surface area (Å²) in [5.41, 5.74) is 8.33. The van der Waals surface area contributed by atoms with Crippen LogP contribution in [0.15, 0.2) is 42.5 Å². The summed E-state index contributed by atoms with van der Waals surface area (Å²) >= 11 is 5.75. The number of rotatable bonds is 4. The molecule has 0 radical (unpaired) electrons. The molecule has 0 heterocycles. The Kier molecular flexibility index (Phi) is 4.30. The van der Waals surface area contributed by atoms with Gasteiger partial charge in [-0.1, -0.05) is 41.9 Å². The number of aldehydes is 1. The molecule has 0 fully saturated rings. The number of hydrogen-bond acceptors (Lipinski definition) is 2. The van der Waals surface area contributed by atoms with Crippen molar-refractivity contribution in [1.82, 2.24) is 0 Å². The molecule has 0 aromatic heterocycles. The maximum atomic E-state index is 13.1. The lowest BCUT2D eigenvalue weighted by Gasteiger charge is -2.07. The molecular formula is C15H13ClFNO. The van der Waals surface area contributed by atoms with E-state index in [1.807, 2.05) is 24.3 Å². The molecule has 0 saturated heterocycles. The highest BCUT2D eigenvalue weighted by molar-refractivity contribution is 6.31. The van der Waals surface area contributed by atoms with Crippen molar-refractivity contribution in [2.75, 3.05) is 0 Å². The van der Waals surface area contributed by atoms with Crippen molar-refractivity contribution >= 4 is 17.9 Å². The Balaban J connectivity index is 2.22. The molecule has 0 saturated carbocycles. The molecule has 4 heteroatoms. The molecule has 1 atom stereocenters. The van der Waals surface area contributed by atoms with E-state index >= 15 is 0 Å². The first-order valence-corrected chi connectivity index (χ1v) is 6.23. The molecule has 19 heavy (non-hydrogen) atoms. The molecule has 2 aromatic carbocycles. The maximum Gasteiger partial charge on any atom is 0.141 e. The van der Waals surface area contributed by atoms with Crippen molar-refractivity contribution in [3.05, 3.63) is 58.9 Å². The smallest absolute Gasteiger partial charge is 0.141 e.